The minimum Gasteiger partial charge on any atom is -0.443 e. The van der Waals surface area contributed by atoms with Crippen LogP contribution in [0.4, 0.5) is 10.5 Å². The van der Waals surface area contributed by atoms with Crippen molar-refractivity contribution >= 4 is 27.7 Å². The first-order chi connectivity index (χ1) is 7.70. The molecule has 0 saturated heterocycles. The number of aryl methyl sites for hydroxylation is 1. The molecule has 0 spiro atoms. The van der Waals surface area contributed by atoms with E-state index in [0.29, 0.717) is 0 Å². The van der Waals surface area contributed by atoms with Crippen LogP contribution in [0, 0.1) is 6.92 Å². The second-order valence-corrected chi connectivity index (χ2v) is 5.83. The Morgan fingerprint density at radius 3 is 2.41 bits per heavy atom. The topological polar surface area (TPSA) is 29.5 Å². The summed E-state index contributed by atoms with van der Waals surface area (Å²) >= 11 is 3.43. The van der Waals surface area contributed by atoms with Crippen molar-refractivity contribution in [2.75, 3.05) is 11.9 Å². The van der Waals surface area contributed by atoms with Crippen LogP contribution < -0.4 is 4.90 Å². The molecule has 0 radical (unpaired) electrons. The predicted octanol–water partition coefficient (Wildman–Crippen LogP) is 4.13. The summed E-state index contributed by atoms with van der Waals surface area (Å²) in [6, 6.07) is 5.74. The van der Waals surface area contributed by atoms with Crippen LogP contribution in [0.1, 0.15) is 26.3 Å². The Hall–Kier alpha value is -1.03. The van der Waals surface area contributed by atoms with Gasteiger partial charge in [-0.2, -0.15) is 0 Å². The molecule has 1 aromatic rings. The average Bonchev–Trinajstić information content (AvgIpc) is 2.18. The van der Waals surface area contributed by atoms with Gasteiger partial charge >= 0.3 is 6.09 Å². The molecule has 1 aromatic carbocycles. The maximum atomic E-state index is 11.8. The van der Waals surface area contributed by atoms with Crippen molar-refractivity contribution in [2.24, 2.45) is 0 Å². The fourth-order valence-corrected chi connectivity index (χ4v) is 1.52. The lowest BCUT2D eigenvalue weighted by atomic mass is 10.2. The highest BCUT2D eigenvalue weighted by molar-refractivity contribution is 9.10. The van der Waals surface area contributed by atoms with E-state index in [-0.39, 0.29) is 6.09 Å². The lowest BCUT2D eigenvalue weighted by molar-refractivity contribution is 0.0589. The van der Waals surface area contributed by atoms with Gasteiger partial charge in [0.1, 0.15) is 5.60 Å². The Kier molecular flexibility index (Phi) is 4.20. The molecule has 0 aromatic heterocycles. The third-order valence-electron chi connectivity index (χ3n) is 2.20. The fraction of sp³-hybridized carbons (Fsp3) is 0.462. The average molecular weight is 300 g/mol. The van der Waals surface area contributed by atoms with Crippen LogP contribution in [0.25, 0.3) is 0 Å². The van der Waals surface area contributed by atoms with Crippen LogP contribution in [0.3, 0.4) is 0 Å². The first kappa shape index (κ1) is 14.0. The molecule has 0 aliphatic heterocycles. The first-order valence-corrected chi connectivity index (χ1v) is 6.23. The number of rotatable bonds is 1. The van der Waals surface area contributed by atoms with Gasteiger partial charge < -0.3 is 4.74 Å². The lowest BCUT2D eigenvalue weighted by Gasteiger charge is -2.25. The molecule has 0 N–H and O–H groups in total. The summed E-state index contributed by atoms with van der Waals surface area (Å²) < 4.78 is 6.33. The Bertz CT molecular complexity index is 424. The zero-order valence-corrected chi connectivity index (χ0v) is 12.5. The molecule has 0 aliphatic carbocycles. The largest absolute Gasteiger partial charge is 0.443 e. The summed E-state index contributed by atoms with van der Waals surface area (Å²) in [4.78, 5) is 13.4. The molecule has 0 atom stereocenters. The van der Waals surface area contributed by atoms with E-state index in [2.05, 4.69) is 15.9 Å². The highest BCUT2D eigenvalue weighted by atomic mass is 79.9. The quantitative estimate of drug-likeness (QED) is 0.780. The SMILES string of the molecule is Cc1cc(N(C)C(=O)OC(C)(C)C)ccc1Br. The van der Waals surface area contributed by atoms with Gasteiger partial charge in [0.15, 0.2) is 0 Å². The van der Waals surface area contributed by atoms with E-state index in [1.165, 1.54) is 4.90 Å². The molecule has 17 heavy (non-hydrogen) atoms. The minimum absolute atomic E-state index is 0.348. The zero-order chi connectivity index (χ0) is 13.2. The van der Waals surface area contributed by atoms with E-state index in [0.717, 1.165) is 15.7 Å². The van der Waals surface area contributed by atoms with Crippen molar-refractivity contribution in [3.05, 3.63) is 28.2 Å². The number of ether oxygens (including phenoxy) is 1. The van der Waals surface area contributed by atoms with Crippen molar-refractivity contribution in [2.45, 2.75) is 33.3 Å². The molecule has 3 nitrogen and oxygen atoms in total. The van der Waals surface area contributed by atoms with E-state index in [9.17, 15) is 4.79 Å². The Balaban J connectivity index is 2.85. The van der Waals surface area contributed by atoms with Gasteiger partial charge in [0, 0.05) is 17.2 Å². The highest BCUT2D eigenvalue weighted by Crippen LogP contribution is 2.23. The van der Waals surface area contributed by atoms with E-state index in [1.807, 2.05) is 45.9 Å². The third-order valence-corrected chi connectivity index (χ3v) is 3.09. The first-order valence-electron chi connectivity index (χ1n) is 5.43. The number of halogens is 1. The molecular weight excluding hydrogens is 282 g/mol. The van der Waals surface area contributed by atoms with Gasteiger partial charge in [0.05, 0.1) is 0 Å². The maximum Gasteiger partial charge on any atom is 0.414 e. The Morgan fingerprint density at radius 1 is 1.35 bits per heavy atom. The van der Waals surface area contributed by atoms with Crippen molar-refractivity contribution in [3.8, 4) is 0 Å². The van der Waals surface area contributed by atoms with Gasteiger partial charge in [-0.15, -0.1) is 0 Å². The fourth-order valence-electron chi connectivity index (χ4n) is 1.27. The van der Waals surface area contributed by atoms with Crippen molar-refractivity contribution in [1.82, 2.24) is 0 Å². The molecule has 4 heteroatoms. The second-order valence-electron chi connectivity index (χ2n) is 4.97. The van der Waals surface area contributed by atoms with Gasteiger partial charge in [-0.25, -0.2) is 4.79 Å². The van der Waals surface area contributed by atoms with Gasteiger partial charge in [-0.05, 0) is 51.5 Å². The van der Waals surface area contributed by atoms with E-state index >= 15 is 0 Å². The summed E-state index contributed by atoms with van der Waals surface area (Å²) in [6.07, 6.45) is -0.348. The number of anilines is 1. The molecule has 0 fully saturated rings. The number of carbonyl (C=O) groups excluding carboxylic acids is 1. The standard InChI is InChI=1S/C13H18BrNO2/c1-9-8-10(6-7-11(9)14)15(5)12(16)17-13(2,3)4/h6-8H,1-5H3. The zero-order valence-electron chi connectivity index (χ0n) is 10.9. The van der Waals surface area contributed by atoms with Crippen LogP contribution in [0.15, 0.2) is 22.7 Å². The predicted molar refractivity (Wildman–Crippen MR) is 73.5 cm³/mol. The van der Waals surface area contributed by atoms with E-state index < -0.39 is 5.60 Å². The van der Waals surface area contributed by atoms with Gasteiger partial charge in [-0.1, -0.05) is 15.9 Å². The number of benzene rings is 1. The molecule has 0 aliphatic rings. The smallest absolute Gasteiger partial charge is 0.414 e. The number of amides is 1. The summed E-state index contributed by atoms with van der Waals surface area (Å²) in [6.45, 7) is 7.54. The van der Waals surface area contributed by atoms with Crippen molar-refractivity contribution in [3.63, 3.8) is 0 Å². The number of nitrogens with zero attached hydrogens (tertiary/aromatic N) is 1. The molecule has 0 saturated carbocycles. The van der Waals surface area contributed by atoms with Crippen LogP contribution in [0.2, 0.25) is 0 Å². The Labute approximate surface area is 111 Å². The minimum atomic E-state index is -0.476. The number of hydrogen-bond donors (Lipinski definition) is 0. The van der Waals surface area contributed by atoms with E-state index in [4.69, 9.17) is 4.74 Å². The molecule has 1 rings (SSSR count). The molecule has 1 amide bonds. The summed E-state index contributed by atoms with van der Waals surface area (Å²) in [7, 11) is 1.71. The van der Waals surface area contributed by atoms with Crippen LogP contribution in [-0.4, -0.2) is 18.7 Å². The normalized spacial score (nSPS) is 11.2. The molecule has 0 bridgehead atoms. The van der Waals surface area contributed by atoms with Gasteiger partial charge in [-0.3, -0.25) is 4.90 Å². The van der Waals surface area contributed by atoms with Crippen molar-refractivity contribution in [1.29, 1.82) is 0 Å². The molecular formula is C13H18BrNO2. The third kappa shape index (κ3) is 4.04. The maximum absolute atomic E-state index is 11.8. The van der Waals surface area contributed by atoms with Crippen LogP contribution in [-0.2, 0) is 4.74 Å². The van der Waals surface area contributed by atoms with Crippen LogP contribution >= 0.6 is 15.9 Å². The highest BCUT2D eigenvalue weighted by Gasteiger charge is 2.20. The van der Waals surface area contributed by atoms with Crippen molar-refractivity contribution < 1.29 is 9.53 Å². The molecule has 0 unspecified atom stereocenters. The second kappa shape index (κ2) is 5.08. The molecule has 0 heterocycles. The summed E-state index contributed by atoms with van der Waals surface area (Å²) in [5, 5.41) is 0. The Morgan fingerprint density at radius 2 is 1.94 bits per heavy atom. The lowest BCUT2D eigenvalue weighted by Crippen LogP contribution is -2.34. The van der Waals surface area contributed by atoms with E-state index in [1.54, 1.807) is 7.05 Å². The monoisotopic (exact) mass is 299 g/mol. The summed E-state index contributed by atoms with van der Waals surface area (Å²) in [5.41, 5.74) is 1.42. The number of hydrogen-bond acceptors (Lipinski definition) is 2. The van der Waals surface area contributed by atoms with Gasteiger partial charge in [0.2, 0.25) is 0 Å². The summed E-state index contributed by atoms with van der Waals surface area (Å²) in [5.74, 6) is 0. The van der Waals surface area contributed by atoms with Crippen LogP contribution in [0.5, 0.6) is 0 Å². The van der Waals surface area contributed by atoms with Gasteiger partial charge in [0.25, 0.3) is 0 Å². The molecule has 94 valence electrons. The number of carbonyl (C=O) groups is 1.